The Morgan fingerprint density at radius 3 is 2.35 bits per heavy atom. The zero-order valence-corrected chi connectivity index (χ0v) is 15.9. The van der Waals surface area contributed by atoms with E-state index in [4.69, 9.17) is 4.74 Å². The Balaban J connectivity index is 1.97. The van der Waals surface area contributed by atoms with Crippen LogP contribution in [-0.4, -0.2) is 38.7 Å². The van der Waals surface area contributed by atoms with E-state index in [1.165, 1.54) is 11.4 Å². The lowest BCUT2D eigenvalue weighted by Gasteiger charge is -2.19. The summed E-state index contributed by atoms with van der Waals surface area (Å²) < 4.78 is 30.0. The number of sulfonamides is 1. The molecule has 1 heterocycles. The maximum absolute atomic E-state index is 12.3. The predicted octanol–water partition coefficient (Wildman–Crippen LogP) is 1.95. The van der Waals surface area contributed by atoms with Gasteiger partial charge in [0.15, 0.2) is 6.10 Å². The number of carbonyl (C=O) groups excluding carboxylic acids is 1. The molecule has 2 rings (SSSR count). The zero-order chi connectivity index (χ0) is 19.2. The highest BCUT2D eigenvalue weighted by Gasteiger charge is 2.18. The molecule has 7 nitrogen and oxygen atoms in total. The fourth-order valence-electron chi connectivity index (χ4n) is 2.22. The van der Waals surface area contributed by atoms with Gasteiger partial charge < -0.3 is 10.1 Å². The van der Waals surface area contributed by atoms with Gasteiger partial charge in [-0.15, -0.1) is 0 Å². The Morgan fingerprint density at radius 1 is 1.19 bits per heavy atom. The van der Waals surface area contributed by atoms with Crippen LogP contribution in [0.15, 0.2) is 48.8 Å². The number of nitrogens with zero attached hydrogens (tertiary/aromatic N) is 2. The molecule has 0 aliphatic heterocycles. The monoisotopic (exact) mass is 377 g/mol. The third-order valence-corrected chi connectivity index (χ3v) is 5.06. The molecule has 140 valence electrons. The molecular formula is C18H23N3O4S. The maximum atomic E-state index is 12.3. The van der Waals surface area contributed by atoms with Gasteiger partial charge >= 0.3 is 0 Å². The van der Waals surface area contributed by atoms with Crippen molar-refractivity contribution < 1.29 is 17.9 Å². The van der Waals surface area contributed by atoms with Gasteiger partial charge in [0.1, 0.15) is 5.75 Å². The van der Waals surface area contributed by atoms with Gasteiger partial charge in [0.2, 0.25) is 10.0 Å². The Morgan fingerprint density at radius 2 is 1.81 bits per heavy atom. The molecule has 1 aromatic carbocycles. The zero-order valence-electron chi connectivity index (χ0n) is 15.0. The number of rotatable bonds is 8. The second-order valence-corrected chi connectivity index (χ2v) is 7.83. The SMILES string of the molecule is CC[C@@H](Oc1ccc(N(C)S(C)(=O)=O)cc1)C(=O)NCc1ccncc1. The van der Waals surface area contributed by atoms with Crippen molar-refractivity contribution in [3.05, 3.63) is 54.4 Å². The summed E-state index contributed by atoms with van der Waals surface area (Å²) in [6, 6.07) is 10.2. The molecule has 26 heavy (non-hydrogen) atoms. The lowest BCUT2D eigenvalue weighted by atomic mass is 10.2. The first-order valence-corrected chi connectivity index (χ1v) is 10.0. The van der Waals surface area contributed by atoms with Gasteiger partial charge in [0.25, 0.3) is 5.91 Å². The minimum Gasteiger partial charge on any atom is -0.481 e. The first-order valence-electron chi connectivity index (χ1n) is 8.18. The third kappa shape index (κ3) is 5.45. The molecule has 0 unspecified atom stereocenters. The Hall–Kier alpha value is -2.61. The van der Waals surface area contributed by atoms with Crippen LogP contribution in [0.5, 0.6) is 5.75 Å². The van der Waals surface area contributed by atoms with Crippen LogP contribution in [0.1, 0.15) is 18.9 Å². The van der Waals surface area contributed by atoms with Crippen molar-refractivity contribution in [2.24, 2.45) is 0 Å². The highest BCUT2D eigenvalue weighted by Crippen LogP contribution is 2.21. The number of benzene rings is 1. The summed E-state index contributed by atoms with van der Waals surface area (Å²) in [5.41, 5.74) is 1.48. The second-order valence-electron chi connectivity index (χ2n) is 5.81. The van der Waals surface area contributed by atoms with Crippen molar-refractivity contribution in [3.63, 3.8) is 0 Å². The number of hydrogen-bond donors (Lipinski definition) is 1. The van der Waals surface area contributed by atoms with Crippen LogP contribution < -0.4 is 14.4 Å². The minimum absolute atomic E-state index is 0.207. The second kappa shape index (κ2) is 8.66. The average Bonchev–Trinajstić information content (AvgIpc) is 2.64. The molecule has 0 saturated carbocycles. The molecule has 0 bridgehead atoms. The highest BCUT2D eigenvalue weighted by atomic mass is 32.2. The maximum Gasteiger partial charge on any atom is 0.261 e. The Kier molecular flexibility index (Phi) is 6.57. The number of hydrogen-bond acceptors (Lipinski definition) is 5. The van der Waals surface area contributed by atoms with Crippen LogP contribution in [0.3, 0.4) is 0 Å². The normalized spacial score (nSPS) is 12.3. The first kappa shape index (κ1) is 19.7. The number of carbonyl (C=O) groups is 1. The molecular weight excluding hydrogens is 354 g/mol. The van der Waals surface area contributed by atoms with E-state index in [2.05, 4.69) is 10.3 Å². The van der Waals surface area contributed by atoms with E-state index >= 15 is 0 Å². The summed E-state index contributed by atoms with van der Waals surface area (Å²) in [7, 11) is -1.84. The molecule has 0 aliphatic carbocycles. The van der Waals surface area contributed by atoms with Crippen LogP contribution in [0.25, 0.3) is 0 Å². The third-order valence-electron chi connectivity index (χ3n) is 3.86. The number of aromatic nitrogens is 1. The first-order chi connectivity index (χ1) is 12.3. The lowest BCUT2D eigenvalue weighted by molar-refractivity contribution is -0.128. The van der Waals surface area contributed by atoms with Crippen molar-refractivity contribution >= 4 is 21.6 Å². The average molecular weight is 377 g/mol. The van der Waals surface area contributed by atoms with Gasteiger partial charge in [-0.1, -0.05) is 6.92 Å². The molecule has 0 saturated heterocycles. The van der Waals surface area contributed by atoms with Gasteiger partial charge in [0.05, 0.1) is 11.9 Å². The number of amides is 1. The number of ether oxygens (including phenoxy) is 1. The van der Waals surface area contributed by atoms with Crippen molar-refractivity contribution in [2.45, 2.75) is 26.0 Å². The van der Waals surface area contributed by atoms with E-state index in [0.29, 0.717) is 24.4 Å². The van der Waals surface area contributed by atoms with E-state index < -0.39 is 16.1 Å². The number of anilines is 1. The van der Waals surface area contributed by atoms with E-state index in [0.717, 1.165) is 11.8 Å². The largest absolute Gasteiger partial charge is 0.481 e. The summed E-state index contributed by atoms with van der Waals surface area (Å²) in [5.74, 6) is 0.295. The molecule has 1 N–H and O–H groups in total. The summed E-state index contributed by atoms with van der Waals surface area (Å²) in [6.45, 7) is 2.27. The molecule has 2 aromatic rings. The molecule has 0 radical (unpaired) electrons. The molecule has 0 aliphatic rings. The van der Waals surface area contributed by atoms with Gasteiger partial charge in [-0.25, -0.2) is 8.42 Å². The van der Waals surface area contributed by atoms with Crippen LogP contribution in [0, 0.1) is 0 Å². The van der Waals surface area contributed by atoms with Crippen LogP contribution in [0.4, 0.5) is 5.69 Å². The smallest absolute Gasteiger partial charge is 0.261 e. The van der Waals surface area contributed by atoms with E-state index in [9.17, 15) is 13.2 Å². The summed E-state index contributed by atoms with van der Waals surface area (Å²) in [4.78, 5) is 16.3. The van der Waals surface area contributed by atoms with Crippen molar-refractivity contribution in [2.75, 3.05) is 17.6 Å². The topological polar surface area (TPSA) is 88.6 Å². The molecule has 1 atom stereocenters. The van der Waals surface area contributed by atoms with Crippen LogP contribution >= 0.6 is 0 Å². The Bertz CT molecular complexity index is 823. The van der Waals surface area contributed by atoms with Crippen molar-refractivity contribution in [1.29, 1.82) is 0 Å². The molecule has 1 amide bonds. The molecule has 0 fully saturated rings. The number of nitrogens with one attached hydrogen (secondary N) is 1. The fourth-order valence-corrected chi connectivity index (χ4v) is 2.72. The molecule has 1 aromatic heterocycles. The summed E-state index contributed by atoms with van der Waals surface area (Å²) >= 11 is 0. The quantitative estimate of drug-likeness (QED) is 0.760. The highest BCUT2D eigenvalue weighted by molar-refractivity contribution is 7.92. The Labute approximate surface area is 154 Å². The van der Waals surface area contributed by atoms with Gasteiger partial charge in [0, 0.05) is 26.0 Å². The summed E-state index contributed by atoms with van der Waals surface area (Å²) in [5, 5.41) is 2.84. The minimum atomic E-state index is -3.32. The van der Waals surface area contributed by atoms with Gasteiger partial charge in [-0.3, -0.25) is 14.1 Å². The van der Waals surface area contributed by atoms with Gasteiger partial charge in [-0.05, 0) is 48.4 Å². The van der Waals surface area contributed by atoms with Crippen molar-refractivity contribution in [1.82, 2.24) is 10.3 Å². The van der Waals surface area contributed by atoms with Crippen molar-refractivity contribution in [3.8, 4) is 5.75 Å². The van der Waals surface area contributed by atoms with Crippen LogP contribution in [0.2, 0.25) is 0 Å². The van der Waals surface area contributed by atoms with E-state index in [1.807, 2.05) is 19.1 Å². The van der Waals surface area contributed by atoms with Crippen LogP contribution in [-0.2, 0) is 21.4 Å². The molecule has 8 heteroatoms. The molecule has 0 spiro atoms. The fraction of sp³-hybridized carbons (Fsp3) is 0.333. The van der Waals surface area contributed by atoms with E-state index in [1.54, 1.807) is 36.7 Å². The standard InChI is InChI=1S/C18H23N3O4S/c1-4-17(18(22)20-13-14-9-11-19-12-10-14)25-16-7-5-15(6-8-16)21(2)26(3,23)24/h5-12,17H,4,13H2,1-3H3,(H,20,22)/t17-/m1/s1. The lowest BCUT2D eigenvalue weighted by Crippen LogP contribution is -2.37. The predicted molar refractivity (Wildman–Crippen MR) is 100 cm³/mol. The number of pyridine rings is 1. The van der Waals surface area contributed by atoms with E-state index in [-0.39, 0.29) is 5.91 Å². The van der Waals surface area contributed by atoms with Gasteiger partial charge in [-0.2, -0.15) is 0 Å². The summed E-state index contributed by atoms with van der Waals surface area (Å²) in [6.07, 6.45) is 4.36.